The molecule has 0 fully saturated rings. The number of aryl methyl sites for hydroxylation is 1. The van der Waals surface area contributed by atoms with Crippen LogP contribution in [0.4, 0.5) is 0 Å². The Bertz CT molecular complexity index is 866. The predicted molar refractivity (Wildman–Crippen MR) is 92.5 cm³/mol. The third-order valence-electron chi connectivity index (χ3n) is 3.43. The molecule has 5 heteroatoms. The van der Waals surface area contributed by atoms with Gasteiger partial charge in [-0.3, -0.25) is 0 Å². The second-order valence-electron chi connectivity index (χ2n) is 5.32. The molecule has 0 saturated carbocycles. The maximum atomic E-state index is 10.9. The van der Waals surface area contributed by atoms with Gasteiger partial charge in [-0.1, -0.05) is 60.3 Å². The number of thioether (sulfide) groups is 1. The van der Waals surface area contributed by atoms with Crippen LogP contribution < -0.4 is 5.11 Å². The van der Waals surface area contributed by atoms with Gasteiger partial charge in [-0.05, 0) is 30.2 Å². The molecule has 1 aromatic heterocycles. The summed E-state index contributed by atoms with van der Waals surface area (Å²) in [6.07, 6.45) is 0. The van der Waals surface area contributed by atoms with Crippen LogP contribution in [0.25, 0.3) is 11.3 Å². The lowest BCUT2D eigenvalue weighted by Crippen LogP contribution is -2.22. The summed E-state index contributed by atoms with van der Waals surface area (Å²) in [6.45, 7) is 1.94. The first-order valence-corrected chi connectivity index (χ1v) is 8.44. The highest BCUT2D eigenvalue weighted by molar-refractivity contribution is 7.98. The van der Waals surface area contributed by atoms with Crippen molar-refractivity contribution in [2.45, 2.75) is 17.8 Å². The first-order chi connectivity index (χ1) is 11.6. The Morgan fingerprint density at radius 2 is 1.83 bits per heavy atom. The Balaban J connectivity index is 1.80. The zero-order chi connectivity index (χ0) is 16.9. The lowest BCUT2D eigenvalue weighted by atomic mass is 10.1. The number of rotatable bonds is 5. The molecular weight excluding hydrogens is 320 g/mol. The van der Waals surface area contributed by atoms with Gasteiger partial charge >= 0.3 is 0 Å². The molecule has 0 spiro atoms. The molecule has 0 amide bonds. The number of carbonyl (C=O) groups excluding carboxylic acids is 1. The maximum Gasteiger partial charge on any atom is 0.188 e. The number of carboxylic acids is 1. The molecule has 0 unspecified atom stereocenters. The number of carboxylic acid groups (broad SMARTS) is 1. The van der Waals surface area contributed by atoms with Gasteiger partial charge in [0.2, 0.25) is 0 Å². The van der Waals surface area contributed by atoms with Gasteiger partial charge in [0.15, 0.2) is 5.16 Å². The van der Waals surface area contributed by atoms with Crippen molar-refractivity contribution in [3.05, 3.63) is 77.5 Å². The Morgan fingerprint density at radius 3 is 2.58 bits per heavy atom. The smallest absolute Gasteiger partial charge is 0.188 e. The van der Waals surface area contributed by atoms with E-state index in [9.17, 15) is 9.90 Å². The topological polar surface area (TPSA) is 65.9 Å². The first-order valence-electron chi connectivity index (χ1n) is 7.46. The number of aromatic carboxylic acids is 1. The summed E-state index contributed by atoms with van der Waals surface area (Å²) in [6, 6.07) is 18.7. The molecule has 3 rings (SSSR count). The van der Waals surface area contributed by atoms with Crippen molar-refractivity contribution < 1.29 is 9.90 Å². The van der Waals surface area contributed by atoms with Gasteiger partial charge in [0.05, 0.1) is 11.7 Å². The molecule has 24 heavy (non-hydrogen) atoms. The van der Waals surface area contributed by atoms with Crippen molar-refractivity contribution in [1.82, 2.24) is 9.97 Å². The van der Waals surface area contributed by atoms with Crippen LogP contribution in [0.3, 0.4) is 0 Å². The first kappa shape index (κ1) is 16.2. The lowest BCUT2D eigenvalue weighted by Gasteiger charge is -2.07. The van der Waals surface area contributed by atoms with Crippen molar-refractivity contribution in [3.63, 3.8) is 0 Å². The summed E-state index contributed by atoms with van der Waals surface area (Å²) >= 11 is 1.48. The standard InChI is InChI=1S/C19H16N2O2S/c1-13-10-17(15-7-3-2-4-8-15)21-19(20-13)24-12-14-6-5-9-16(11-14)18(22)23/h2-11H,12H2,1H3,(H,22,23)/p-1. The van der Waals surface area contributed by atoms with Gasteiger partial charge in [0, 0.05) is 17.0 Å². The van der Waals surface area contributed by atoms with E-state index >= 15 is 0 Å². The van der Waals surface area contributed by atoms with Crippen molar-refractivity contribution in [2.75, 3.05) is 0 Å². The van der Waals surface area contributed by atoms with Gasteiger partial charge in [-0.15, -0.1) is 0 Å². The van der Waals surface area contributed by atoms with Crippen LogP contribution in [0.5, 0.6) is 0 Å². The second-order valence-corrected chi connectivity index (χ2v) is 6.26. The number of hydrogen-bond donors (Lipinski definition) is 0. The third kappa shape index (κ3) is 4.00. The third-order valence-corrected chi connectivity index (χ3v) is 4.35. The van der Waals surface area contributed by atoms with Crippen LogP contribution in [0.15, 0.2) is 65.8 Å². The van der Waals surface area contributed by atoms with E-state index in [0.717, 1.165) is 22.5 Å². The maximum absolute atomic E-state index is 10.9. The number of benzene rings is 2. The molecule has 1 heterocycles. The summed E-state index contributed by atoms with van der Waals surface area (Å²) in [4.78, 5) is 20.0. The second kappa shape index (κ2) is 7.27. The zero-order valence-electron chi connectivity index (χ0n) is 13.1. The fourth-order valence-electron chi connectivity index (χ4n) is 2.30. The molecule has 0 saturated heterocycles. The van der Waals surface area contributed by atoms with E-state index in [2.05, 4.69) is 9.97 Å². The van der Waals surface area contributed by atoms with Crippen LogP contribution in [0.2, 0.25) is 0 Å². The molecule has 0 radical (unpaired) electrons. The SMILES string of the molecule is Cc1cc(-c2ccccc2)nc(SCc2cccc(C(=O)[O-])c2)n1. The molecule has 0 bridgehead atoms. The molecule has 4 nitrogen and oxygen atoms in total. The molecule has 120 valence electrons. The highest BCUT2D eigenvalue weighted by atomic mass is 32.2. The molecule has 0 aliphatic heterocycles. The summed E-state index contributed by atoms with van der Waals surface area (Å²) in [5, 5.41) is 11.6. The van der Waals surface area contributed by atoms with E-state index in [-0.39, 0.29) is 5.56 Å². The molecule has 0 aliphatic carbocycles. The van der Waals surface area contributed by atoms with E-state index in [0.29, 0.717) is 10.9 Å². The van der Waals surface area contributed by atoms with E-state index in [4.69, 9.17) is 0 Å². The molecule has 2 aromatic carbocycles. The van der Waals surface area contributed by atoms with E-state index < -0.39 is 5.97 Å². The largest absolute Gasteiger partial charge is 0.545 e. The molecule has 0 N–H and O–H groups in total. The van der Waals surface area contributed by atoms with Gasteiger partial charge in [0.1, 0.15) is 0 Å². The van der Waals surface area contributed by atoms with Crippen molar-refractivity contribution in [1.29, 1.82) is 0 Å². The molecular formula is C19H15N2O2S-. The summed E-state index contributed by atoms with van der Waals surface area (Å²) < 4.78 is 0. The number of nitrogens with zero attached hydrogens (tertiary/aromatic N) is 2. The fraction of sp³-hybridized carbons (Fsp3) is 0.105. The van der Waals surface area contributed by atoms with E-state index in [1.807, 2.05) is 49.4 Å². The lowest BCUT2D eigenvalue weighted by molar-refractivity contribution is -0.255. The number of hydrogen-bond acceptors (Lipinski definition) is 5. The minimum Gasteiger partial charge on any atom is -0.545 e. The molecule has 0 atom stereocenters. The van der Waals surface area contributed by atoms with Crippen LogP contribution in [-0.4, -0.2) is 15.9 Å². The van der Waals surface area contributed by atoms with Crippen molar-refractivity contribution >= 4 is 17.7 Å². The van der Waals surface area contributed by atoms with Crippen molar-refractivity contribution in [3.8, 4) is 11.3 Å². The Morgan fingerprint density at radius 1 is 1.04 bits per heavy atom. The minimum absolute atomic E-state index is 0.184. The zero-order valence-corrected chi connectivity index (χ0v) is 13.9. The van der Waals surface area contributed by atoms with Crippen LogP contribution in [0, 0.1) is 6.92 Å². The Labute approximate surface area is 144 Å². The van der Waals surface area contributed by atoms with Crippen molar-refractivity contribution in [2.24, 2.45) is 0 Å². The van der Waals surface area contributed by atoms with Gasteiger partial charge in [0.25, 0.3) is 0 Å². The normalized spacial score (nSPS) is 10.5. The minimum atomic E-state index is -1.17. The Hall–Kier alpha value is -2.66. The average Bonchev–Trinajstić information content (AvgIpc) is 2.60. The Kier molecular flexibility index (Phi) is 4.91. The van der Waals surface area contributed by atoms with Crippen LogP contribution >= 0.6 is 11.8 Å². The van der Waals surface area contributed by atoms with Gasteiger partial charge in [-0.25, -0.2) is 9.97 Å². The quantitative estimate of drug-likeness (QED) is 0.529. The van der Waals surface area contributed by atoms with Crippen LogP contribution in [-0.2, 0) is 5.75 Å². The molecule has 3 aromatic rings. The number of aromatic nitrogens is 2. The summed E-state index contributed by atoms with van der Waals surface area (Å²) in [5.41, 5.74) is 3.91. The monoisotopic (exact) mass is 335 g/mol. The van der Waals surface area contributed by atoms with E-state index in [1.165, 1.54) is 17.8 Å². The van der Waals surface area contributed by atoms with Gasteiger partial charge < -0.3 is 9.90 Å². The molecule has 0 aliphatic rings. The van der Waals surface area contributed by atoms with E-state index in [1.54, 1.807) is 12.1 Å². The number of carbonyl (C=O) groups is 1. The highest BCUT2D eigenvalue weighted by Crippen LogP contribution is 2.24. The summed E-state index contributed by atoms with van der Waals surface area (Å²) in [7, 11) is 0. The average molecular weight is 335 g/mol. The van der Waals surface area contributed by atoms with Crippen LogP contribution in [0.1, 0.15) is 21.6 Å². The van der Waals surface area contributed by atoms with Gasteiger partial charge in [-0.2, -0.15) is 0 Å². The summed E-state index contributed by atoms with van der Waals surface area (Å²) in [5.74, 6) is -0.571. The predicted octanol–water partition coefficient (Wildman–Crippen LogP) is 3.11. The fourth-order valence-corrected chi connectivity index (χ4v) is 3.15. The highest BCUT2D eigenvalue weighted by Gasteiger charge is 2.06.